The van der Waals surface area contributed by atoms with Gasteiger partial charge in [0.05, 0.1) is 10.7 Å². The Labute approximate surface area is 107 Å². The molecule has 1 aromatic heterocycles. The molecule has 2 heterocycles. The minimum atomic E-state index is -0.477. The summed E-state index contributed by atoms with van der Waals surface area (Å²) < 4.78 is 11.4. The lowest BCUT2D eigenvalue weighted by Crippen LogP contribution is -2.25. The molecule has 1 aliphatic rings. The fourth-order valence-electron chi connectivity index (χ4n) is 1.94. The summed E-state index contributed by atoms with van der Waals surface area (Å²) in [5.41, 5.74) is 1.06. The average Bonchev–Trinajstić information content (AvgIpc) is 2.93. The molecule has 3 nitrogen and oxygen atoms in total. The van der Waals surface area contributed by atoms with E-state index in [9.17, 15) is 4.79 Å². The maximum absolute atomic E-state index is 12.1. The largest absolute Gasteiger partial charge is 0.481 e. The first-order valence-corrected chi connectivity index (χ1v) is 6.07. The Balaban J connectivity index is 1.86. The van der Waals surface area contributed by atoms with E-state index in [-0.39, 0.29) is 5.78 Å². The summed E-state index contributed by atoms with van der Waals surface area (Å²) in [6.45, 7) is 0. The molecular formula is C13H9BrO3. The normalized spacial score (nSPS) is 17.6. The second kappa shape index (κ2) is 4.04. The van der Waals surface area contributed by atoms with Crippen molar-refractivity contribution in [1.29, 1.82) is 0 Å². The van der Waals surface area contributed by atoms with Crippen LogP contribution >= 0.6 is 15.9 Å². The van der Waals surface area contributed by atoms with Crippen LogP contribution in [0, 0.1) is 0 Å². The van der Waals surface area contributed by atoms with Crippen molar-refractivity contribution < 1.29 is 13.9 Å². The number of carbonyl (C=O) groups excluding carboxylic acids is 1. The fraction of sp³-hybridized carbons (Fsp3) is 0.154. The molecule has 0 amide bonds. The van der Waals surface area contributed by atoms with Crippen LogP contribution in [-0.4, -0.2) is 11.9 Å². The van der Waals surface area contributed by atoms with Crippen LogP contribution in [0.2, 0.25) is 0 Å². The first kappa shape index (κ1) is 10.6. The monoisotopic (exact) mass is 292 g/mol. The molecule has 0 bridgehead atoms. The summed E-state index contributed by atoms with van der Waals surface area (Å²) >= 11 is 3.28. The number of halogens is 1. The third-order valence-electron chi connectivity index (χ3n) is 2.78. The van der Waals surface area contributed by atoms with E-state index in [1.54, 1.807) is 6.07 Å². The minimum absolute atomic E-state index is 0.127. The van der Waals surface area contributed by atoms with Crippen LogP contribution in [0.4, 0.5) is 0 Å². The molecule has 86 valence electrons. The maximum atomic E-state index is 12.1. The Morgan fingerprint density at radius 2 is 2.12 bits per heavy atom. The molecule has 3 rings (SSSR count). The molecule has 1 aliphatic heterocycles. The molecule has 17 heavy (non-hydrogen) atoms. The number of ether oxygens (including phenoxy) is 1. The topological polar surface area (TPSA) is 39.4 Å². The first-order chi connectivity index (χ1) is 8.25. The molecule has 0 spiro atoms. The molecule has 1 aromatic carbocycles. The lowest BCUT2D eigenvalue weighted by molar-refractivity contribution is 0.0794. The molecule has 0 radical (unpaired) electrons. The van der Waals surface area contributed by atoms with Gasteiger partial charge < -0.3 is 9.15 Å². The highest BCUT2D eigenvalue weighted by atomic mass is 79.9. The fourth-order valence-corrected chi connectivity index (χ4v) is 2.34. The first-order valence-electron chi connectivity index (χ1n) is 5.27. The van der Waals surface area contributed by atoms with Crippen LogP contribution < -0.4 is 4.74 Å². The Bertz CT molecular complexity index is 549. The predicted molar refractivity (Wildman–Crippen MR) is 65.3 cm³/mol. The Kier molecular flexibility index (Phi) is 2.52. The average molecular weight is 293 g/mol. The number of Topliss-reactive ketones (excluding diaryl/α,β-unsaturated/α-hetero) is 1. The third kappa shape index (κ3) is 1.78. The van der Waals surface area contributed by atoms with E-state index in [4.69, 9.17) is 9.15 Å². The van der Waals surface area contributed by atoms with Crippen LogP contribution in [0.15, 0.2) is 45.5 Å². The molecule has 0 fully saturated rings. The van der Waals surface area contributed by atoms with Gasteiger partial charge in [0.25, 0.3) is 0 Å². The number of ketones is 1. The van der Waals surface area contributed by atoms with Crippen molar-refractivity contribution in [3.8, 4) is 5.75 Å². The van der Waals surface area contributed by atoms with Gasteiger partial charge in [0, 0.05) is 6.42 Å². The van der Waals surface area contributed by atoms with E-state index in [2.05, 4.69) is 15.9 Å². The standard InChI is InChI=1S/C13H9BrO3/c14-9-5-6-16-13(9)12(15)11-7-8-3-1-2-4-10(8)17-11/h1-6,11H,7H2. The van der Waals surface area contributed by atoms with E-state index in [1.807, 2.05) is 24.3 Å². The zero-order valence-corrected chi connectivity index (χ0v) is 10.4. The molecular weight excluding hydrogens is 284 g/mol. The molecule has 4 heteroatoms. The summed E-state index contributed by atoms with van der Waals surface area (Å²) in [6, 6.07) is 9.39. The number of furan rings is 1. The van der Waals surface area contributed by atoms with Gasteiger partial charge in [0.15, 0.2) is 11.9 Å². The number of rotatable bonds is 2. The quantitative estimate of drug-likeness (QED) is 0.798. The van der Waals surface area contributed by atoms with Crippen molar-refractivity contribution in [2.45, 2.75) is 12.5 Å². The lowest BCUT2D eigenvalue weighted by atomic mass is 10.1. The lowest BCUT2D eigenvalue weighted by Gasteiger charge is -2.07. The molecule has 0 saturated heterocycles. The second-order valence-electron chi connectivity index (χ2n) is 3.88. The van der Waals surface area contributed by atoms with Gasteiger partial charge >= 0.3 is 0 Å². The van der Waals surface area contributed by atoms with Gasteiger partial charge in [-0.1, -0.05) is 18.2 Å². The van der Waals surface area contributed by atoms with E-state index in [1.165, 1.54) is 6.26 Å². The van der Waals surface area contributed by atoms with E-state index in [0.29, 0.717) is 16.7 Å². The van der Waals surface area contributed by atoms with Crippen LogP contribution in [0.25, 0.3) is 0 Å². The highest BCUT2D eigenvalue weighted by molar-refractivity contribution is 9.10. The Morgan fingerprint density at radius 1 is 1.29 bits per heavy atom. The second-order valence-corrected chi connectivity index (χ2v) is 4.73. The van der Waals surface area contributed by atoms with Gasteiger partial charge in [0.1, 0.15) is 5.75 Å². The van der Waals surface area contributed by atoms with Crippen LogP contribution in [0.5, 0.6) is 5.75 Å². The summed E-state index contributed by atoms with van der Waals surface area (Å²) in [5, 5.41) is 0. The third-order valence-corrected chi connectivity index (χ3v) is 3.40. The van der Waals surface area contributed by atoms with E-state index in [0.717, 1.165) is 11.3 Å². The zero-order chi connectivity index (χ0) is 11.8. The zero-order valence-electron chi connectivity index (χ0n) is 8.85. The van der Waals surface area contributed by atoms with Gasteiger partial charge in [-0.15, -0.1) is 0 Å². The van der Waals surface area contributed by atoms with Crippen molar-refractivity contribution >= 4 is 21.7 Å². The van der Waals surface area contributed by atoms with Crippen LogP contribution in [0.1, 0.15) is 16.1 Å². The number of hydrogen-bond acceptors (Lipinski definition) is 3. The smallest absolute Gasteiger partial charge is 0.239 e. The van der Waals surface area contributed by atoms with Crippen molar-refractivity contribution in [2.24, 2.45) is 0 Å². The summed E-state index contributed by atoms with van der Waals surface area (Å²) in [5.74, 6) is 0.981. The molecule has 1 atom stereocenters. The number of carbonyl (C=O) groups is 1. The SMILES string of the molecule is O=C(c1occc1Br)C1Cc2ccccc2O1. The van der Waals surface area contributed by atoms with Gasteiger partial charge in [0.2, 0.25) is 5.78 Å². The Hall–Kier alpha value is -1.55. The van der Waals surface area contributed by atoms with Crippen molar-refractivity contribution in [3.05, 3.63) is 52.4 Å². The predicted octanol–water partition coefficient (Wildman–Crippen LogP) is 3.23. The van der Waals surface area contributed by atoms with Crippen LogP contribution in [0.3, 0.4) is 0 Å². The van der Waals surface area contributed by atoms with Crippen molar-refractivity contribution in [2.75, 3.05) is 0 Å². The van der Waals surface area contributed by atoms with E-state index >= 15 is 0 Å². The molecule has 2 aromatic rings. The highest BCUT2D eigenvalue weighted by Gasteiger charge is 2.32. The number of fused-ring (bicyclic) bond motifs is 1. The maximum Gasteiger partial charge on any atom is 0.239 e. The van der Waals surface area contributed by atoms with E-state index < -0.39 is 6.10 Å². The van der Waals surface area contributed by atoms with Gasteiger partial charge in [-0.2, -0.15) is 0 Å². The summed E-state index contributed by atoms with van der Waals surface area (Å²) in [4.78, 5) is 12.1. The highest BCUT2D eigenvalue weighted by Crippen LogP contribution is 2.31. The molecule has 0 saturated carbocycles. The summed E-state index contributed by atoms with van der Waals surface area (Å²) in [7, 11) is 0. The van der Waals surface area contributed by atoms with Crippen molar-refractivity contribution in [1.82, 2.24) is 0 Å². The minimum Gasteiger partial charge on any atom is -0.481 e. The number of hydrogen-bond donors (Lipinski definition) is 0. The van der Waals surface area contributed by atoms with Crippen molar-refractivity contribution in [3.63, 3.8) is 0 Å². The molecule has 0 N–H and O–H groups in total. The van der Waals surface area contributed by atoms with Gasteiger partial charge in [-0.3, -0.25) is 4.79 Å². The molecule has 1 unspecified atom stereocenters. The van der Waals surface area contributed by atoms with Crippen LogP contribution in [-0.2, 0) is 6.42 Å². The number of benzene rings is 1. The number of para-hydroxylation sites is 1. The summed E-state index contributed by atoms with van der Waals surface area (Å²) in [6.07, 6.45) is 1.61. The van der Waals surface area contributed by atoms with Gasteiger partial charge in [-0.25, -0.2) is 0 Å². The Morgan fingerprint density at radius 3 is 2.82 bits per heavy atom. The van der Waals surface area contributed by atoms with Gasteiger partial charge in [-0.05, 0) is 33.6 Å². The molecule has 0 aliphatic carbocycles.